The zero-order valence-corrected chi connectivity index (χ0v) is 13.1. The largest absolute Gasteiger partial charge is 0.345 e. The molecule has 1 atom stereocenters. The highest BCUT2D eigenvalue weighted by molar-refractivity contribution is 5.98. The lowest BCUT2D eigenvalue weighted by molar-refractivity contribution is -0.125. The molecule has 0 spiro atoms. The number of nitrogens with one attached hydrogen (secondary N) is 2. The smallest absolute Gasteiger partial charge is 0.319 e. The SMILES string of the molecule is CC1=C(C(=O)N(C)C)[C@H](c2ccc(C)cc2C)NC(=O)N1. The third-order valence-corrected chi connectivity index (χ3v) is 3.64. The number of allylic oxidation sites excluding steroid dienone is 1. The van der Waals surface area contributed by atoms with Crippen LogP contribution in [-0.4, -0.2) is 30.9 Å². The number of likely N-dealkylation sites (N-methyl/N-ethyl adjacent to an activating group) is 1. The van der Waals surface area contributed by atoms with Crippen LogP contribution in [0.3, 0.4) is 0 Å². The predicted octanol–water partition coefficient (Wildman–Crippen LogP) is 2.02. The highest BCUT2D eigenvalue weighted by Gasteiger charge is 2.32. The molecule has 1 aliphatic heterocycles. The second-order valence-electron chi connectivity index (χ2n) is 5.63. The van der Waals surface area contributed by atoms with Crippen LogP contribution in [0.15, 0.2) is 29.5 Å². The third kappa shape index (κ3) is 2.91. The molecule has 0 bridgehead atoms. The van der Waals surface area contributed by atoms with Gasteiger partial charge in [-0.05, 0) is 31.9 Å². The standard InChI is InChI=1S/C16H21N3O2/c1-9-6-7-12(10(2)8-9)14-13(15(20)19(4)5)11(3)17-16(21)18-14/h6-8,14H,1-5H3,(H2,17,18,21)/t14-/m0/s1. The molecular weight excluding hydrogens is 266 g/mol. The van der Waals surface area contributed by atoms with Crippen molar-refractivity contribution >= 4 is 11.9 Å². The van der Waals surface area contributed by atoms with E-state index in [0.717, 1.165) is 16.7 Å². The molecule has 2 rings (SSSR count). The molecule has 5 heteroatoms. The van der Waals surface area contributed by atoms with Crippen LogP contribution in [0.2, 0.25) is 0 Å². The number of urea groups is 1. The van der Waals surface area contributed by atoms with Gasteiger partial charge in [0.1, 0.15) is 0 Å². The van der Waals surface area contributed by atoms with Gasteiger partial charge in [-0.3, -0.25) is 4.79 Å². The summed E-state index contributed by atoms with van der Waals surface area (Å²) in [7, 11) is 3.41. The van der Waals surface area contributed by atoms with Crippen molar-refractivity contribution in [2.75, 3.05) is 14.1 Å². The zero-order valence-electron chi connectivity index (χ0n) is 13.1. The van der Waals surface area contributed by atoms with E-state index in [1.54, 1.807) is 21.0 Å². The maximum atomic E-state index is 12.5. The molecule has 1 heterocycles. The minimum Gasteiger partial charge on any atom is -0.345 e. The van der Waals surface area contributed by atoms with Gasteiger partial charge >= 0.3 is 6.03 Å². The van der Waals surface area contributed by atoms with Gasteiger partial charge in [-0.15, -0.1) is 0 Å². The summed E-state index contributed by atoms with van der Waals surface area (Å²) >= 11 is 0. The van der Waals surface area contributed by atoms with Crippen molar-refractivity contribution in [2.24, 2.45) is 0 Å². The molecule has 2 N–H and O–H groups in total. The minimum absolute atomic E-state index is 0.107. The molecule has 1 aliphatic rings. The Labute approximate surface area is 125 Å². The number of hydrogen-bond donors (Lipinski definition) is 2. The topological polar surface area (TPSA) is 61.4 Å². The molecule has 5 nitrogen and oxygen atoms in total. The third-order valence-electron chi connectivity index (χ3n) is 3.64. The predicted molar refractivity (Wildman–Crippen MR) is 81.7 cm³/mol. The van der Waals surface area contributed by atoms with Crippen molar-refractivity contribution in [3.8, 4) is 0 Å². The lowest BCUT2D eigenvalue weighted by Gasteiger charge is -2.31. The van der Waals surface area contributed by atoms with Gasteiger partial charge in [0.15, 0.2) is 0 Å². The molecule has 0 radical (unpaired) electrons. The van der Waals surface area contributed by atoms with Crippen molar-refractivity contribution in [3.63, 3.8) is 0 Å². The lowest BCUT2D eigenvalue weighted by atomic mass is 9.91. The van der Waals surface area contributed by atoms with Gasteiger partial charge in [-0.1, -0.05) is 23.8 Å². The Kier molecular flexibility index (Phi) is 4.02. The molecule has 0 aliphatic carbocycles. The van der Waals surface area contributed by atoms with Crippen LogP contribution in [-0.2, 0) is 4.79 Å². The average Bonchev–Trinajstić information content (AvgIpc) is 2.37. The summed E-state index contributed by atoms with van der Waals surface area (Å²) in [6.45, 7) is 5.76. The molecule has 0 saturated heterocycles. The first-order valence-electron chi connectivity index (χ1n) is 6.88. The fourth-order valence-corrected chi connectivity index (χ4v) is 2.60. The number of carbonyl (C=O) groups is 2. The molecule has 0 unspecified atom stereocenters. The Balaban J connectivity index is 2.55. The highest BCUT2D eigenvalue weighted by atomic mass is 16.2. The minimum atomic E-state index is -0.422. The summed E-state index contributed by atoms with van der Waals surface area (Å²) < 4.78 is 0. The van der Waals surface area contributed by atoms with Crippen molar-refractivity contribution in [1.29, 1.82) is 0 Å². The average molecular weight is 287 g/mol. The second-order valence-corrected chi connectivity index (χ2v) is 5.63. The molecule has 1 aromatic carbocycles. The first-order valence-corrected chi connectivity index (χ1v) is 6.88. The van der Waals surface area contributed by atoms with E-state index in [1.807, 2.05) is 26.0 Å². The van der Waals surface area contributed by atoms with Gasteiger partial charge in [0.05, 0.1) is 11.6 Å². The maximum absolute atomic E-state index is 12.5. The Morgan fingerprint density at radius 1 is 1.19 bits per heavy atom. The Hall–Kier alpha value is -2.30. The Morgan fingerprint density at radius 3 is 2.43 bits per heavy atom. The number of aryl methyl sites for hydroxylation is 2. The van der Waals surface area contributed by atoms with E-state index >= 15 is 0 Å². The van der Waals surface area contributed by atoms with Crippen LogP contribution < -0.4 is 10.6 Å². The van der Waals surface area contributed by atoms with Crippen molar-refractivity contribution in [2.45, 2.75) is 26.8 Å². The normalized spacial score (nSPS) is 18.1. The van der Waals surface area contributed by atoms with Gasteiger partial charge in [0, 0.05) is 19.8 Å². The summed E-state index contributed by atoms with van der Waals surface area (Å²) in [5, 5.41) is 5.53. The zero-order chi connectivity index (χ0) is 15.7. The van der Waals surface area contributed by atoms with Gasteiger partial charge in [0.25, 0.3) is 5.91 Å². The van der Waals surface area contributed by atoms with E-state index in [4.69, 9.17) is 0 Å². The van der Waals surface area contributed by atoms with E-state index in [2.05, 4.69) is 16.7 Å². The molecule has 1 aromatic rings. The van der Waals surface area contributed by atoms with Gasteiger partial charge < -0.3 is 15.5 Å². The summed E-state index contributed by atoms with van der Waals surface area (Å²) in [6.07, 6.45) is 0. The van der Waals surface area contributed by atoms with Crippen molar-refractivity contribution < 1.29 is 9.59 Å². The number of carbonyl (C=O) groups excluding carboxylic acids is 2. The number of hydrogen-bond acceptors (Lipinski definition) is 2. The Bertz CT molecular complexity index is 632. The molecule has 0 saturated carbocycles. The van der Waals surface area contributed by atoms with Crippen molar-refractivity contribution in [1.82, 2.24) is 15.5 Å². The second kappa shape index (κ2) is 5.60. The van der Waals surface area contributed by atoms with Crippen LogP contribution in [0.5, 0.6) is 0 Å². The molecule has 0 fully saturated rings. The van der Waals surface area contributed by atoms with E-state index in [9.17, 15) is 9.59 Å². The number of nitrogens with zero attached hydrogens (tertiary/aromatic N) is 1. The number of rotatable bonds is 2. The lowest BCUT2D eigenvalue weighted by Crippen LogP contribution is -2.47. The van der Waals surface area contributed by atoms with Crippen molar-refractivity contribution in [3.05, 3.63) is 46.2 Å². The fraction of sp³-hybridized carbons (Fsp3) is 0.375. The van der Waals surface area contributed by atoms with E-state index < -0.39 is 6.04 Å². The van der Waals surface area contributed by atoms with Gasteiger partial charge in [-0.25, -0.2) is 4.79 Å². The van der Waals surface area contributed by atoms with Gasteiger partial charge in [0.2, 0.25) is 0 Å². The number of amides is 3. The van der Waals surface area contributed by atoms with Crippen LogP contribution in [0.4, 0.5) is 4.79 Å². The molecule has 3 amide bonds. The molecule has 0 aromatic heterocycles. The fourth-order valence-electron chi connectivity index (χ4n) is 2.60. The highest BCUT2D eigenvalue weighted by Crippen LogP contribution is 2.30. The Morgan fingerprint density at radius 2 is 1.86 bits per heavy atom. The van der Waals surface area contributed by atoms with Crippen LogP contribution >= 0.6 is 0 Å². The van der Waals surface area contributed by atoms with Gasteiger partial charge in [-0.2, -0.15) is 0 Å². The van der Waals surface area contributed by atoms with Crippen LogP contribution in [0.1, 0.15) is 29.7 Å². The maximum Gasteiger partial charge on any atom is 0.319 e. The molecule has 21 heavy (non-hydrogen) atoms. The van der Waals surface area contributed by atoms with E-state index in [0.29, 0.717) is 11.3 Å². The summed E-state index contributed by atoms with van der Waals surface area (Å²) in [5.74, 6) is -0.107. The summed E-state index contributed by atoms with van der Waals surface area (Å²) in [6, 6.07) is 5.30. The quantitative estimate of drug-likeness (QED) is 0.874. The van der Waals surface area contributed by atoms with Crippen LogP contribution in [0, 0.1) is 13.8 Å². The molecule has 112 valence electrons. The van der Waals surface area contributed by atoms with E-state index in [1.165, 1.54) is 4.90 Å². The summed E-state index contributed by atoms with van der Waals surface area (Å²) in [5.41, 5.74) is 4.32. The molecular formula is C16H21N3O2. The van der Waals surface area contributed by atoms with E-state index in [-0.39, 0.29) is 11.9 Å². The van der Waals surface area contributed by atoms with Crippen LogP contribution in [0.25, 0.3) is 0 Å². The first kappa shape index (κ1) is 15.1. The first-order chi connectivity index (χ1) is 9.81. The monoisotopic (exact) mass is 287 g/mol. The summed E-state index contributed by atoms with van der Waals surface area (Å²) in [4.78, 5) is 25.8. The number of benzene rings is 1.